The lowest BCUT2D eigenvalue weighted by atomic mass is 9.94. The summed E-state index contributed by atoms with van der Waals surface area (Å²) in [6.07, 6.45) is -4.70. The maximum absolute atomic E-state index is 10.9. The molecule has 1 saturated heterocycles. The topological polar surface area (TPSA) is 107 Å². The summed E-state index contributed by atoms with van der Waals surface area (Å²) < 4.78 is 4.57. The number of aliphatic hydroxyl groups excluding tert-OH is 3. The summed E-state index contributed by atoms with van der Waals surface area (Å²) in [6.45, 7) is 0.627. The van der Waals surface area contributed by atoms with Crippen molar-refractivity contribution in [3.05, 3.63) is 0 Å². The predicted molar refractivity (Wildman–Crippen MR) is 39.6 cm³/mol. The van der Waals surface area contributed by atoms with Gasteiger partial charge in [-0.2, -0.15) is 0 Å². The summed E-state index contributed by atoms with van der Waals surface area (Å²) in [4.78, 5) is 10.9. The second-order valence-electron chi connectivity index (χ2n) is 3.07. The van der Waals surface area contributed by atoms with Crippen molar-refractivity contribution in [2.24, 2.45) is 0 Å². The van der Waals surface area contributed by atoms with E-state index in [1.165, 1.54) is 0 Å². The minimum absolute atomic E-state index is 0.395. The highest BCUT2D eigenvalue weighted by Crippen LogP contribution is 2.24. The van der Waals surface area contributed by atoms with Crippen LogP contribution in [-0.2, 0) is 9.53 Å². The molecule has 1 rings (SSSR count). The number of hydrogen-bond donors (Lipinski definition) is 4. The standard InChI is InChI=1S/C7H12O6/c1-3(8)7(12)6(11)5(10)4(9)2-13-7/h4-6,9-12H,2H2,1H3/t4-,5-,6+,7?/m1/s1. The van der Waals surface area contributed by atoms with Gasteiger partial charge in [0.05, 0.1) is 6.61 Å². The van der Waals surface area contributed by atoms with Gasteiger partial charge in [-0.1, -0.05) is 0 Å². The molecule has 1 unspecified atom stereocenters. The summed E-state index contributed by atoms with van der Waals surface area (Å²) in [5.41, 5.74) is 0. The first-order valence-corrected chi connectivity index (χ1v) is 3.81. The lowest BCUT2D eigenvalue weighted by Gasteiger charge is -2.39. The number of aliphatic hydroxyl groups is 4. The average Bonchev–Trinajstić information content (AvgIpc) is 2.08. The highest BCUT2D eigenvalue weighted by atomic mass is 16.7. The van der Waals surface area contributed by atoms with Crippen molar-refractivity contribution in [1.82, 2.24) is 0 Å². The van der Waals surface area contributed by atoms with Gasteiger partial charge in [-0.15, -0.1) is 0 Å². The van der Waals surface area contributed by atoms with Crippen LogP contribution in [0.5, 0.6) is 0 Å². The van der Waals surface area contributed by atoms with Crippen LogP contribution in [0.2, 0.25) is 0 Å². The number of Topliss-reactive ketones (excluding diaryl/α,β-unsaturated/α-hetero) is 1. The fourth-order valence-corrected chi connectivity index (χ4v) is 1.15. The molecule has 6 heteroatoms. The van der Waals surface area contributed by atoms with Crippen LogP contribution in [0.15, 0.2) is 0 Å². The third kappa shape index (κ3) is 1.59. The monoisotopic (exact) mass is 192 g/mol. The first-order chi connectivity index (χ1) is 5.89. The van der Waals surface area contributed by atoms with Crippen molar-refractivity contribution in [2.45, 2.75) is 31.0 Å². The van der Waals surface area contributed by atoms with Crippen LogP contribution in [0.4, 0.5) is 0 Å². The van der Waals surface area contributed by atoms with Gasteiger partial charge >= 0.3 is 0 Å². The fourth-order valence-electron chi connectivity index (χ4n) is 1.15. The Bertz CT molecular complexity index is 217. The lowest BCUT2D eigenvalue weighted by molar-refractivity contribution is -0.302. The highest BCUT2D eigenvalue weighted by molar-refractivity contribution is 5.84. The molecule has 0 amide bonds. The normalized spacial score (nSPS) is 46.1. The maximum atomic E-state index is 10.9. The summed E-state index contributed by atoms with van der Waals surface area (Å²) in [5.74, 6) is -3.22. The van der Waals surface area contributed by atoms with E-state index in [-0.39, 0.29) is 0 Å². The Morgan fingerprint density at radius 2 is 2.00 bits per heavy atom. The quantitative estimate of drug-likeness (QED) is 0.362. The molecule has 13 heavy (non-hydrogen) atoms. The molecule has 0 aromatic rings. The Labute approximate surface area is 74.4 Å². The second kappa shape index (κ2) is 3.32. The molecule has 1 aliphatic rings. The van der Waals surface area contributed by atoms with Crippen molar-refractivity contribution in [3.8, 4) is 0 Å². The molecule has 0 radical (unpaired) electrons. The Balaban J connectivity index is 2.85. The molecule has 0 aliphatic carbocycles. The minimum atomic E-state index is -2.40. The molecule has 1 aliphatic heterocycles. The number of carbonyl (C=O) groups is 1. The fraction of sp³-hybridized carbons (Fsp3) is 0.857. The minimum Gasteiger partial charge on any atom is -0.388 e. The van der Waals surface area contributed by atoms with Crippen LogP contribution < -0.4 is 0 Å². The first kappa shape index (κ1) is 10.6. The Morgan fingerprint density at radius 3 is 2.46 bits per heavy atom. The zero-order chi connectivity index (χ0) is 10.2. The molecule has 4 N–H and O–H groups in total. The van der Waals surface area contributed by atoms with Crippen LogP contribution in [-0.4, -0.2) is 56.9 Å². The summed E-state index contributed by atoms with van der Waals surface area (Å²) in [5, 5.41) is 36.8. The number of ketones is 1. The lowest BCUT2D eigenvalue weighted by Crippen LogP contribution is -2.63. The molecular formula is C7H12O6. The van der Waals surface area contributed by atoms with Gasteiger partial charge in [-0.05, 0) is 0 Å². The van der Waals surface area contributed by atoms with Crippen LogP contribution in [0.1, 0.15) is 6.92 Å². The molecule has 4 atom stereocenters. The SMILES string of the molecule is CC(=O)C1(O)OC[C@@H](O)[C@@H](O)[C@@H]1O. The highest BCUT2D eigenvalue weighted by Gasteiger charge is 2.51. The zero-order valence-corrected chi connectivity index (χ0v) is 7.04. The number of ether oxygens (including phenoxy) is 1. The van der Waals surface area contributed by atoms with E-state index < -0.39 is 36.5 Å². The second-order valence-corrected chi connectivity index (χ2v) is 3.07. The first-order valence-electron chi connectivity index (χ1n) is 3.81. The van der Waals surface area contributed by atoms with E-state index in [9.17, 15) is 15.0 Å². The van der Waals surface area contributed by atoms with E-state index in [1.807, 2.05) is 0 Å². The molecule has 0 aromatic carbocycles. The summed E-state index contributed by atoms with van der Waals surface area (Å²) in [7, 11) is 0. The Morgan fingerprint density at radius 1 is 1.46 bits per heavy atom. The van der Waals surface area contributed by atoms with Crippen molar-refractivity contribution >= 4 is 5.78 Å². The molecule has 6 nitrogen and oxygen atoms in total. The van der Waals surface area contributed by atoms with E-state index in [1.54, 1.807) is 0 Å². The smallest absolute Gasteiger partial charge is 0.255 e. The van der Waals surface area contributed by atoms with Gasteiger partial charge in [0.1, 0.15) is 18.3 Å². The molecule has 0 saturated carbocycles. The Hall–Kier alpha value is -0.530. The van der Waals surface area contributed by atoms with Gasteiger partial charge in [0.2, 0.25) is 0 Å². The van der Waals surface area contributed by atoms with Crippen LogP contribution >= 0.6 is 0 Å². The van der Waals surface area contributed by atoms with E-state index >= 15 is 0 Å². The molecule has 0 spiro atoms. The van der Waals surface area contributed by atoms with Gasteiger partial charge in [0, 0.05) is 6.92 Å². The van der Waals surface area contributed by atoms with Gasteiger partial charge < -0.3 is 25.2 Å². The van der Waals surface area contributed by atoms with Gasteiger partial charge in [0.25, 0.3) is 5.79 Å². The van der Waals surface area contributed by atoms with Gasteiger partial charge in [-0.25, -0.2) is 0 Å². The molecule has 0 aromatic heterocycles. The third-order valence-corrected chi connectivity index (χ3v) is 2.10. The zero-order valence-electron chi connectivity index (χ0n) is 7.04. The van der Waals surface area contributed by atoms with E-state index in [0.717, 1.165) is 6.92 Å². The summed E-state index contributed by atoms with van der Waals surface area (Å²) in [6, 6.07) is 0. The Kier molecular flexibility index (Phi) is 2.69. The molecule has 76 valence electrons. The van der Waals surface area contributed by atoms with Crippen LogP contribution in [0.25, 0.3) is 0 Å². The van der Waals surface area contributed by atoms with Gasteiger partial charge in [-0.3, -0.25) is 4.79 Å². The van der Waals surface area contributed by atoms with Crippen LogP contribution in [0, 0.1) is 0 Å². The van der Waals surface area contributed by atoms with E-state index in [0.29, 0.717) is 0 Å². The number of rotatable bonds is 1. The molecule has 1 heterocycles. The van der Waals surface area contributed by atoms with Crippen molar-refractivity contribution in [3.63, 3.8) is 0 Å². The molecule has 0 bridgehead atoms. The van der Waals surface area contributed by atoms with Crippen molar-refractivity contribution in [1.29, 1.82) is 0 Å². The number of carbonyl (C=O) groups excluding carboxylic acids is 1. The largest absolute Gasteiger partial charge is 0.388 e. The molecular weight excluding hydrogens is 180 g/mol. The van der Waals surface area contributed by atoms with Crippen molar-refractivity contribution in [2.75, 3.05) is 6.61 Å². The predicted octanol–water partition coefficient (Wildman–Crippen LogP) is -2.62. The average molecular weight is 192 g/mol. The van der Waals surface area contributed by atoms with Crippen LogP contribution in [0.3, 0.4) is 0 Å². The summed E-state index contributed by atoms with van der Waals surface area (Å²) >= 11 is 0. The van der Waals surface area contributed by atoms with E-state index in [2.05, 4.69) is 4.74 Å². The van der Waals surface area contributed by atoms with Gasteiger partial charge in [0.15, 0.2) is 5.78 Å². The number of hydrogen-bond acceptors (Lipinski definition) is 6. The molecule has 1 fully saturated rings. The maximum Gasteiger partial charge on any atom is 0.255 e. The van der Waals surface area contributed by atoms with E-state index in [4.69, 9.17) is 10.2 Å². The third-order valence-electron chi connectivity index (χ3n) is 2.10. The van der Waals surface area contributed by atoms with Crippen molar-refractivity contribution < 1.29 is 30.0 Å².